The van der Waals surface area contributed by atoms with Gasteiger partial charge in [0.1, 0.15) is 0 Å². The molecule has 1 amide bonds. The van der Waals surface area contributed by atoms with Gasteiger partial charge in [0, 0.05) is 23.7 Å². The molecule has 0 aliphatic heterocycles. The minimum absolute atomic E-state index is 0.0624. The maximum Gasteiger partial charge on any atom is 0.416 e. The van der Waals surface area contributed by atoms with Crippen molar-refractivity contribution >= 4 is 5.91 Å². The Morgan fingerprint density at radius 1 is 0.926 bits per heavy atom. The highest BCUT2D eigenvalue weighted by molar-refractivity contribution is 5.96. The summed E-state index contributed by atoms with van der Waals surface area (Å²) in [5, 5.41) is 6.82. The van der Waals surface area contributed by atoms with E-state index in [0.29, 0.717) is 17.2 Å². The third kappa shape index (κ3) is 4.31. The summed E-state index contributed by atoms with van der Waals surface area (Å²) in [6.45, 7) is 0. The van der Waals surface area contributed by atoms with Gasteiger partial charge in [-0.1, -0.05) is 12.8 Å². The van der Waals surface area contributed by atoms with Crippen LogP contribution < -0.4 is 10.6 Å². The number of rotatable bonds is 5. The number of benzene rings is 1. The van der Waals surface area contributed by atoms with Crippen LogP contribution in [0.5, 0.6) is 0 Å². The zero-order chi connectivity index (χ0) is 19.0. The number of carbonyl (C=O) groups is 1. The first-order valence-electron chi connectivity index (χ1n) is 10.2. The van der Waals surface area contributed by atoms with Crippen molar-refractivity contribution in [3.8, 4) is 0 Å². The summed E-state index contributed by atoms with van der Waals surface area (Å²) in [6.07, 6.45) is 5.30. The first-order chi connectivity index (χ1) is 12.9. The van der Waals surface area contributed by atoms with Crippen LogP contribution in [-0.2, 0) is 6.18 Å². The molecule has 0 bridgehead atoms. The molecule has 1 aromatic rings. The summed E-state index contributed by atoms with van der Waals surface area (Å²) in [5.41, 5.74) is 0.306. The Bertz CT molecular complexity index is 693. The summed E-state index contributed by atoms with van der Waals surface area (Å²) >= 11 is 0. The molecule has 0 radical (unpaired) electrons. The molecule has 2 atom stereocenters. The van der Waals surface area contributed by atoms with Gasteiger partial charge in [-0.3, -0.25) is 4.79 Å². The first kappa shape index (κ1) is 18.8. The van der Waals surface area contributed by atoms with Gasteiger partial charge in [-0.25, -0.2) is 0 Å². The summed E-state index contributed by atoms with van der Waals surface area (Å²) in [6, 6.07) is 4.45. The van der Waals surface area contributed by atoms with Crippen LogP contribution in [0, 0.1) is 0 Å². The average molecular weight is 380 g/mol. The predicted octanol–water partition coefficient (Wildman–Crippen LogP) is 4.77. The Balaban J connectivity index is 1.47. The number of nitrogens with one attached hydrogen (secondary N) is 2. The molecule has 0 saturated heterocycles. The standard InChI is InChI=1S/C21H27F3N2O/c22-21(23,24)14-10-11-16(17(12-14)13-8-9-13)20(27)26-19-7-3-6-18(19)25-15-4-1-2-5-15/h10-13,15,18-19,25H,1-9H2,(H,26,27)/t18?,19-/m1/s1. The summed E-state index contributed by atoms with van der Waals surface area (Å²) in [5.74, 6) is -0.139. The minimum atomic E-state index is -4.37. The van der Waals surface area contributed by atoms with Gasteiger partial charge < -0.3 is 10.6 Å². The molecule has 1 unspecified atom stereocenters. The average Bonchev–Trinajstić information content (AvgIpc) is 3.19. The van der Waals surface area contributed by atoms with Crippen LogP contribution in [0.2, 0.25) is 0 Å². The molecule has 3 fully saturated rings. The van der Waals surface area contributed by atoms with Crippen molar-refractivity contribution < 1.29 is 18.0 Å². The van der Waals surface area contributed by atoms with E-state index >= 15 is 0 Å². The van der Waals surface area contributed by atoms with Crippen LogP contribution in [0.1, 0.15) is 85.2 Å². The highest BCUT2D eigenvalue weighted by Crippen LogP contribution is 2.43. The number of amides is 1. The third-order valence-electron chi connectivity index (χ3n) is 6.28. The molecule has 0 spiro atoms. The second-order valence-electron chi connectivity index (χ2n) is 8.34. The highest BCUT2D eigenvalue weighted by Gasteiger charge is 2.36. The molecule has 0 aromatic heterocycles. The van der Waals surface area contributed by atoms with Crippen molar-refractivity contribution in [1.82, 2.24) is 10.6 Å². The Kier molecular flexibility index (Phi) is 5.19. The van der Waals surface area contributed by atoms with Gasteiger partial charge >= 0.3 is 6.18 Å². The molecule has 3 saturated carbocycles. The Morgan fingerprint density at radius 2 is 1.63 bits per heavy atom. The summed E-state index contributed by atoms with van der Waals surface area (Å²) in [7, 11) is 0. The van der Waals surface area contributed by atoms with Crippen LogP contribution in [-0.4, -0.2) is 24.0 Å². The van der Waals surface area contributed by atoms with Crippen molar-refractivity contribution in [2.45, 2.75) is 88.0 Å². The van der Waals surface area contributed by atoms with Crippen molar-refractivity contribution in [1.29, 1.82) is 0 Å². The summed E-state index contributed by atoms with van der Waals surface area (Å²) < 4.78 is 39.1. The van der Waals surface area contributed by atoms with Gasteiger partial charge in [-0.05, 0) is 74.6 Å². The molecular weight excluding hydrogens is 353 g/mol. The van der Waals surface area contributed by atoms with Gasteiger partial charge in [-0.2, -0.15) is 13.2 Å². The molecule has 3 nitrogen and oxygen atoms in total. The van der Waals surface area contributed by atoms with E-state index in [4.69, 9.17) is 0 Å². The van der Waals surface area contributed by atoms with E-state index in [9.17, 15) is 18.0 Å². The van der Waals surface area contributed by atoms with Crippen molar-refractivity contribution in [2.24, 2.45) is 0 Å². The largest absolute Gasteiger partial charge is 0.416 e. The Hall–Kier alpha value is -1.56. The minimum Gasteiger partial charge on any atom is -0.348 e. The van der Waals surface area contributed by atoms with Crippen LogP contribution in [0.4, 0.5) is 13.2 Å². The van der Waals surface area contributed by atoms with Crippen molar-refractivity contribution in [3.63, 3.8) is 0 Å². The molecule has 3 aliphatic rings. The fourth-order valence-corrected chi connectivity index (χ4v) is 4.65. The molecule has 2 N–H and O–H groups in total. The quantitative estimate of drug-likeness (QED) is 0.773. The second-order valence-corrected chi connectivity index (χ2v) is 8.34. The number of halogens is 3. The van der Waals surface area contributed by atoms with Gasteiger partial charge in [0.25, 0.3) is 5.91 Å². The lowest BCUT2D eigenvalue weighted by Gasteiger charge is -2.26. The number of hydrogen-bond donors (Lipinski definition) is 2. The smallest absolute Gasteiger partial charge is 0.348 e. The van der Waals surface area contributed by atoms with E-state index in [0.717, 1.165) is 38.2 Å². The summed E-state index contributed by atoms with van der Waals surface area (Å²) in [4.78, 5) is 12.9. The lowest BCUT2D eigenvalue weighted by Crippen LogP contribution is -2.49. The van der Waals surface area contributed by atoms with Crippen LogP contribution in [0.15, 0.2) is 18.2 Å². The van der Waals surface area contributed by atoms with Crippen molar-refractivity contribution in [3.05, 3.63) is 34.9 Å². The normalized spacial score (nSPS) is 26.5. The third-order valence-corrected chi connectivity index (χ3v) is 6.28. The van der Waals surface area contributed by atoms with E-state index in [1.54, 1.807) is 0 Å². The molecule has 1 aromatic carbocycles. The fraction of sp³-hybridized carbons (Fsp3) is 0.667. The zero-order valence-corrected chi connectivity index (χ0v) is 15.4. The predicted molar refractivity (Wildman–Crippen MR) is 97.7 cm³/mol. The zero-order valence-electron chi connectivity index (χ0n) is 15.4. The molecule has 4 rings (SSSR count). The van der Waals surface area contributed by atoms with Crippen LogP contribution in [0.25, 0.3) is 0 Å². The molecule has 0 heterocycles. The van der Waals surface area contributed by atoms with E-state index in [2.05, 4.69) is 10.6 Å². The van der Waals surface area contributed by atoms with Crippen LogP contribution in [0.3, 0.4) is 0 Å². The van der Waals surface area contributed by atoms with Gasteiger partial charge in [0.05, 0.1) is 5.56 Å². The lowest BCUT2D eigenvalue weighted by atomic mass is 9.98. The maximum atomic E-state index is 13.0. The monoisotopic (exact) mass is 380 g/mol. The number of hydrogen-bond acceptors (Lipinski definition) is 2. The topological polar surface area (TPSA) is 41.1 Å². The number of alkyl halides is 3. The Labute approximate surface area is 158 Å². The van der Waals surface area contributed by atoms with Gasteiger partial charge in [0.2, 0.25) is 0 Å². The second kappa shape index (κ2) is 7.46. The molecule has 148 valence electrons. The number of carbonyl (C=O) groups excluding carboxylic acids is 1. The Morgan fingerprint density at radius 3 is 2.30 bits per heavy atom. The highest BCUT2D eigenvalue weighted by atomic mass is 19.4. The van der Waals surface area contributed by atoms with E-state index < -0.39 is 11.7 Å². The maximum absolute atomic E-state index is 13.0. The first-order valence-corrected chi connectivity index (χ1v) is 10.2. The molecule has 27 heavy (non-hydrogen) atoms. The van der Waals surface area contributed by atoms with Gasteiger partial charge in [0.15, 0.2) is 0 Å². The van der Waals surface area contributed by atoms with E-state index in [1.165, 1.54) is 37.8 Å². The molecule has 3 aliphatic carbocycles. The molecular formula is C21H27F3N2O. The van der Waals surface area contributed by atoms with E-state index in [-0.39, 0.29) is 23.9 Å². The lowest BCUT2D eigenvalue weighted by molar-refractivity contribution is -0.137. The molecule has 6 heteroatoms. The van der Waals surface area contributed by atoms with Crippen molar-refractivity contribution in [2.75, 3.05) is 0 Å². The van der Waals surface area contributed by atoms with Crippen LogP contribution >= 0.6 is 0 Å². The fourth-order valence-electron chi connectivity index (χ4n) is 4.65. The van der Waals surface area contributed by atoms with Gasteiger partial charge in [-0.15, -0.1) is 0 Å². The van der Waals surface area contributed by atoms with E-state index in [1.807, 2.05) is 0 Å². The SMILES string of the molecule is O=C(N[C@@H]1CCCC1NC1CCCC1)c1ccc(C(F)(F)F)cc1C1CC1.